The van der Waals surface area contributed by atoms with Crippen molar-refractivity contribution in [1.29, 1.82) is 0 Å². The SMILES string of the molecule is Cc1nn(-c2ccc(F)cc2F)c(C)c1C(=O)N1CCN(Cc2cccc([N+](=O)[O-])c2)CC1. The molecular weight excluding hydrogens is 432 g/mol. The van der Waals surface area contributed by atoms with Crippen molar-refractivity contribution in [3.05, 3.63) is 86.7 Å². The number of hydrogen-bond acceptors (Lipinski definition) is 5. The molecule has 0 spiro atoms. The van der Waals surface area contributed by atoms with Crippen LogP contribution in [0.4, 0.5) is 14.5 Å². The first-order valence-electron chi connectivity index (χ1n) is 10.5. The summed E-state index contributed by atoms with van der Waals surface area (Å²) in [7, 11) is 0. The largest absolute Gasteiger partial charge is 0.336 e. The van der Waals surface area contributed by atoms with E-state index in [-0.39, 0.29) is 17.3 Å². The van der Waals surface area contributed by atoms with Gasteiger partial charge < -0.3 is 4.90 Å². The van der Waals surface area contributed by atoms with E-state index < -0.39 is 16.6 Å². The second kappa shape index (κ2) is 9.07. The Kier molecular flexibility index (Phi) is 6.19. The lowest BCUT2D eigenvalue weighted by Gasteiger charge is -2.34. The maximum absolute atomic E-state index is 14.3. The van der Waals surface area contributed by atoms with Crippen molar-refractivity contribution in [2.75, 3.05) is 26.2 Å². The first-order chi connectivity index (χ1) is 15.7. The lowest BCUT2D eigenvalue weighted by Crippen LogP contribution is -2.48. The fraction of sp³-hybridized carbons (Fsp3) is 0.304. The molecule has 1 amide bonds. The number of carbonyl (C=O) groups excluding carboxylic acids is 1. The summed E-state index contributed by atoms with van der Waals surface area (Å²) in [6.07, 6.45) is 0. The molecule has 2 heterocycles. The lowest BCUT2D eigenvalue weighted by molar-refractivity contribution is -0.384. The third kappa shape index (κ3) is 4.61. The van der Waals surface area contributed by atoms with Crippen molar-refractivity contribution in [2.24, 2.45) is 0 Å². The van der Waals surface area contributed by atoms with E-state index >= 15 is 0 Å². The third-order valence-corrected chi connectivity index (χ3v) is 5.83. The number of aryl methyl sites for hydroxylation is 1. The Morgan fingerprint density at radius 2 is 1.82 bits per heavy atom. The Morgan fingerprint density at radius 3 is 2.48 bits per heavy atom. The molecule has 1 aromatic heterocycles. The van der Waals surface area contributed by atoms with Crippen LogP contribution < -0.4 is 0 Å². The van der Waals surface area contributed by atoms with Crippen LogP contribution in [0.5, 0.6) is 0 Å². The van der Waals surface area contributed by atoms with Crippen molar-refractivity contribution in [3.63, 3.8) is 0 Å². The summed E-state index contributed by atoms with van der Waals surface area (Å²) >= 11 is 0. The van der Waals surface area contributed by atoms with Crippen LogP contribution >= 0.6 is 0 Å². The highest BCUT2D eigenvalue weighted by Gasteiger charge is 2.28. The monoisotopic (exact) mass is 455 g/mol. The summed E-state index contributed by atoms with van der Waals surface area (Å²) in [6, 6.07) is 9.77. The van der Waals surface area contributed by atoms with Gasteiger partial charge in [0.05, 0.1) is 21.9 Å². The minimum atomic E-state index is -0.755. The molecule has 0 atom stereocenters. The van der Waals surface area contributed by atoms with Gasteiger partial charge in [-0.25, -0.2) is 13.5 Å². The van der Waals surface area contributed by atoms with Crippen molar-refractivity contribution in [1.82, 2.24) is 19.6 Å². The zero-order chi connectivity index (χ0) is 23.7. The van der Waals surface area contributed by atoms with Gasteiger partial charge in [0.2, 0.25) is 0 Å². The molecule has 0 unspecified atom stereocenters. The van der Waals surface area contributed by atoms with Crippen LogP contribution in [-0.4, -0.2) is 56.6 Å². The van der Waals surface area contributed by atoms with Crippen LogP contribution in [0.15, 0.2) is 42.5 Å². The zero-order valence-electron chi connectivity index (χ0n) is 18.3. The number of aromatic nitrogens is 2. The first kappa shape index (κ1) is 22.5. The fourth-order valence-electron chi connectivity index (χ4n) is 4.13. The number of rotatable bonds is 5. The van der Waals surface area contributed by atoms with Gasteiger partial charge in [-0.05, 0) is 31.5 Å². The number of carbonyl (C=O) groups is 1. The summed E-state index contributed by atoms with van der Waals surface area (Å²) < 4.78 is 28.9. The molecule has 2 aromatic carbocycles. The Labute approximate surface area is 189 Å². The standard InChI is InChI=1S/C23H23F2N5O3/c1-15-22(16(2)29(26-15)21-7-6-18(24)13-20(21)25)23(31)28-10-8-27(9-11-28)14-17-4-3-5-19(12-17)30(32)33/h3-7,12-13H,8-11,14H2,1-2H3. The van der Waals surface area contributed by atoms with E-state index in [1.807, 2.05) is 6.07 Å². The van der Waals surface area contributed by atoms with Gasteiger partial charge in [0, 0.05) is 50.9 Å². The second-order valence-corrected chi connectivity index (χ2v) is 8.05. The smallest absolute Gasteiger partial charge is 0.269 e. The van der Waals surface area contributed by atoms with E-state index in [1.165, 1.54) is 16.8 Å². The van der Waals surface area contributed by atoms with E-state index in [9.17, 15) is 23.7 Å². The zero-order valence-corrected chi connectivity index (χ0v) is 18.3. The predicted octanol–water partition coefficient (Wildman–Crippen LogP) is 3.63. The number of nitrogens with zero attached hydrogens (tertiary/aromatic N) is 5. The van der Waals surface area contributed by atoms with Gasteiger partial charge in [-0.1, -0.05) is 12.1 Å². The van der Waals surface area contributed by atoms with Gasteiger partial charge in [-0.3, -0.25) is 19.8 Å². The molecule has 0 radical (unpaired) electrons. The number of hydrogen-bond donors (Lipinski definition) is 0. The highest BCUT2D eigenvalue weighted by atomic mass is 19.1. The van der Waals surface area contributed by atoms with Crippen LogP contribution in [0.1, 0.15) is 27.3 Å². The molecule has 0 aliphatic carbocycles. The van der Waals surface area contributed by atoms with Crippen molar-refractivity contribution in [2.45, 2.75) is 20.4 Å². The van der Waals surface area contributed by atoms with Crippen LogP contribution in [0.2, 0.25) is 0 Å². The Morgan fingerprint density at radius 1 is 1.09 bits per heavy atom. The fourth-order valence-corrected chi connectivity index (χ4v) is 4.13. The number of non-ortho nitro benzene ring substituents is 1. The van der Waals surface area contributed by atoms with E-state index in [1.54, 1.807) is 30.9 Å². The number of piperazine rings is 1. The molecule has 172 valence electrons. The van der Waals surface area contributed by atoms with Gasteiger partial charge in [-0.2, -0.15) is 5.10 Å². The summed E-state index contributed by atoms with van der Waals surface area (Å²) in [6.45, 7) is 6.15. The van der Waals surface area contributed by atoms with Crippen molar-refractivity contribution in [3.8, 4) is 5.69 Å². The van der Waals surface area contributed by atoms with E-state index in [0.717, 1.165) is 17.7 Å². The number of nitro benzene ring substituents is 1. The molecule has 1 aliphatic rings. The highest BCUT2D eigenvalue weighted by Crippen LogP contribution is 2.23. The Bertz CT molecular complexity index is 1220. The van der Waals surface area contributed by atoms with Gasteiger partial charge in [-0.15, -0.1) is 0 Å². The highest BCUT2D eigenvalue weighted by molar-refractivity contribution is 5.96. The van der Waals surface area contributed by atoms with E-state index in [2.05, 4.69) is 10.00 Å². The maximum atomic E-state index is 14.3. The van der Waals surface area contributed by atoms with E-state index in [4.69, 9.17) is 0 Å². The second-order valence-electron chi connectivity index (χ2n) is 8.05. The van der Waals surface area contributed by atoms with E-state index in [0.29, 0.717) is 49.7 Å². The molecule has 8 nitrogen and oxygen atoms in total. The minimum absolute atomic E-state index is 0.0573. The summed E-state index contributed by atoms with van der Waals surface area (Å²) in [5, 5.41) is 15.3. The normalized spacial score (nSPS) is 14.5. The first-order valence-corrected chi connectivity index (χ1v) is 10.5. The van der Waals surface area contributed by atoms with Crippen LogP contribution in [0.3, 0.4) is 0 Å². The molecule has 1 aliphatic heterocycles. The van der Waals surface area contributed by atoms with Gasteiger partial charge >= 0.3 is 0 Å². The van der Waals surface area contributed by atoms with Crippen molar-refractivity contribution < 1.29 is 18.5 Å². The van der Waals surface area contributed by atoms with Crippen LogP contribution in [0, 0.1) is 35.6 Å². The molecule has 1 saturated heterocycles. The molecule has 4 rings (SSSR count). The summed E-state index contributed by atoms with van der Waals surface area (Å²) in [5.74, 6) is -1.62. The average molecular weight is 455 g/mol. The topological polar surface area (TPSA) is 84.5 Å². The minimum Gasteiger partial charge on any atom is -0.336 e. The number of amides is 1. The lowest BCUT2D eigenvalue weighted by atomic mass is 10.1. The van der Waals surface area contributed by atoms with Gasteiger partial charge in [0.25, 0.3) is 11.6 Å². The quantitative estimate of drug-likeness (QED) is 0.433. The van der Waals surface area contributed by atoms with Crippen molar-refractivity contribution >= 4 is 11.6 Å². The Balaban J connectivity index is 1.45. The summed E-state index contributed by atoms with van der Waals surface area (Å²) in [5.41, 5.74) is 2.35. The van der Waals surface area contributed by atoms with Crippen LogP contribution in [-0.2, 0) is 6.54 Å². The number of halogens is 2. The summed E-state index contributed by atoms with van der Waals surface area (Å²) in [4.78, 5) is 27.7. The molecular formula is C23H23F2N5O3. The van der Waals surface area contributed by atoms with Crippen LogP contribution in [0.25, 0.3) is 5.69 Å². The third-order valence-electron chi connectivity index (χ3n) is 5.83. The molecule has 0 bridgehead atoms. The molecule has 1 fully saturated rings. The molecule has 0 N–H and O–H groups in total. The molecule has 33 heavy (non-hydrogen) atoms. The molecule has 0 saturated carbocycles. The molecule has 10 heteroatoms. The predicted molar refractivity (Wildman–Crippen MR) is 117 cm³/mol. The average Bonchev–Trinajstić information content (AvgIpc) is 3.07. The number of nitro groups is 1. The van der Waals surface area contributed by atoms with Gasteiger partial charge in [0.1, 0.15) is 11.5 Å². The Hall–Kier alpha value is -3.66. The molecule has 3 aromatic rings. The van der Waals surface area contributed by atoms with Gasteiger partial charge in [0.15, 0.2) is 5.82 Å². The maximum Gasteiger partial charge on any atom is 0.269 e. The number of benzene rings is 2.